The minimum Gasteiger partial charge on any atom is -0.496 e. The minimum atomic E-state index is -0.633. The topological polar surface area (TPSA) is 65.5 Å². The largest absolute Gasteiger partial charge is 0.496 e. The van der Waals surface area contributed by atoms with E-state index in [1.807, 2.05) is 24.3 Å². The van der Waals surface area contributed by atoms with Gasteiger partial charge in [0, 0.05) is 10.9 Å². The van der Waals surface area contributed by atoms with Gasteiger partial charge in [-0.05, 0) is 46.3 Å². The van der Waals surface area contributed by atoms with E-state index in [0.29, 0.717) is 21.3 Å². The lowest BCUT2D eigenvalue weighted by Gasteiger charge is -2.07. The molecule has 0 aliphatic heterocycles. The molecular weight excluding hydrogens is 386 g/mol. The molecule has 1 aromatic heterocycles. The SMILES string of the molecule is COc1ccc(C(=O)COC(=O)c2ccc3ccccc3n2)cc1Br. The number of rotatable bonds is 5. The molecule has 0 bridgehead atoms. The summed E-state index contributed by atoms with van der Waals surface area (Å²) in [5.74, 6) is -0.321. The molecule has 0 fully saturated rings. The van der Waals surface area contributed by atoms with Gasteiger partial charge in [-0.25, -0.2) is 9.78 Å². The molecule has 2 aromatic carbocycles. The Bertz CT molecular complexity index is 955. The molecule has 6 heteroatoms. The van der Waals surface area contributed by atoms with Crippen LogP contribution < -0.4 is 4.74 Å². The second-order valence-electron chi connectivity index (χ2n) is 5.24. The van der Waals surface area contributed by atoms with Crippen LogP contribution >= 0.6 is 15.9 Å². The third kappa shape index (κ3) is 3.85. The number of ketones is 1. The van der Waals surface area contributed by atoms with Crippen LogP contribution in [0.1, 0.15) is 20.8 Å². The van der Waals surface area contributed by atoms with Crippen molar-refractivity contribution < 1.29 is 19.1 Å². The molecule has 3 aromatic rings. The zero-order valence-corrected chi connectivity index (χ0v) is 14.9. The number of hydrogen-bond acceptors (Lipinski definition) is 5. The highest BCUT2D eigenvalue weighted by molar-refractivity contribution is 9.10. The smallest absolute Gasteiger partial charge is 0.357 e. The summed E-state index contributed by atoms with van der Waals surface area (Å²) < 4.78 is 10.9. The van der Waals surface area contributed by atoms with Gasteiger partial charge in [0.25, 0.3) is 0 Å². The predicted octanol–water partition coefficient (Wildman–Crippen LogP) is 4.05. The molecule has 25 heavy (non-hydrogen) atoms. The van der Waals surface area contributed by atoms with E-state index < -0.39 is 5.97 Å². The highest BCUT2D eigenvalue weighted by Crippen LogP contribution is 2.25. The van der Waals surface area contributed by atoms with Crippen LogP contribution in [0.3, 0.4) is 0 Å². The fraction of sp³-hybridized carbons (Fsp3) is 0.105. The van der Waals surface area contributed by atoms with Gasteiger partial charge in [-0.3, -0.25) is 4.79 Å². The number of fused-ring (bicyclic) bond motifs is 1. The zero-order valence-electron chi connectivity index (χ0n) is 13.4. The van der Waals surface area contributed by atoms with Gasteiger partial charge in [0.2, 0.25) is 0 Å². The fourth-order valence-electron chi connectivity index (χ4n) is 2.31. The van der Waals surface area contributed by atoms with Crippen LogP contribution in [0.25, 0.3) is 10.9 Å². The zero-order chi connectivity index (χ0) is 17.8. The number of ether oxygens (including phenoxy) is 2. The van der Waals surface area contributed by atoms with E-state index in [1.54, 1.807) is 37.4 Å². The van der Waals surface area contributed by atoms with Crippen molar-refractivity contribution in [2.24, 2.45) is 0 Å². The number of esters is 1. The number of pyridine rings is 1. The normalized spacial score (nSPS) is 10.5. The fourth-order valence-corrected chi connectivity index (χ4v) is 2.85. The summed E-state index contributed by atoms with van der Waals surface area (Å²) in [6.45, 7) is -0.355. The second-order valence-corrected chi connectivity index (χ2v) is 6.09. The number of hydrogen-bond donors (Lipinski definition) is 0. The van der Waals surface area contributed by atoms with Crippen molar-refractivity contribution >= 4 is 38.6 Å². The van der Waals surface area contributed by atoms with Crippen LogP contribution in [-0.2, 0) is 4.74 Å². The molecule has 0 atom stereocenters. The molecule has 126 valence electrons. The van der Waals surface area contributed by atoms with Gasteiger partial charge in [0.1, 0.15) is 11.4 Å². The van der Waals surface area contributed by atoms with E-state index in [2.05, 4.69) is 20.9 Å². The predicted molar refractivity (Wildman–Crippen MR) is 97.1 cm³/mol. The van der Waals surface area contributed by atoms with E-state index in [0.717, 1.165) is 5.39 Å². The average molecular weight is 400 g/mol. The summed E-state index contributed by atoms with van der Waals surface area (Å²) in [5.41, 5.74) is 1.29. The third-order valence-electron chi connectivity index (χ3n) is 3.62. The van der Waals surface area contributed by atoms with Crippen LogP contribution in [-0.4, -0.2) is 30.5 Å². The number of halogens is 1. The maximum atomic E-state index is 12.2. The van der Waals surface area contributed by atoms with Crippen molar-refractivity contribution in [2.45, 2.75) is 0 Å². The van der Waals surface area contributed by atoms with Crippen LogP contribution in [0.5, 0.6) is 5.75 Å². The lowest BCUT2D eigenvalue weighted by Crippen LogP contribution is -2.15. The van der Waals surface area contributed by atoms with Gasteiger partial charge >= 0.3 is 5.97 Å². The highest BCUT2D eigenvalue weighted by atomic mass is 79.9. The average Bonchev–Trinajstić information content (AvgIpc) is 2.65. The molecule has 0 unspecified atom stereocenters. The number of Topliss-reactive ketones (excluding diaryl/α,β-unsaturated/α-hetero) is 1. The summed E-state index contributed by atoms with van der Waals surface area (Å²) in [7, 11) is 1.54. The lowest BCUT2D eigenvalue weighted by atomic mass is 10.1. The standard InChI is InChI=1S/C19H14BrNO4/c1-24-18-9-7-13(10-14(18)20)17(22)11-25-19(23)16-8-6-12-4-2-3-5-15(12)21-16/h2-10H,11H2,1H3. The first-order valence-corrected chi connectivity index (χ1v) is 8.27. The molecule has 5 nitrogen and oxygen atoms in total. The molecule has 0 saturated carbocycles. The monoisotopic (exact) mass is 399 g/mol. The molecule has 0 radical (unpaired) electrons. The van der Waals surface area contributed by atoms with Crippen LogP contribution in [0.4, 0.5) is 0 Å². The Morgan fingerprint density at radius 2 is 1.88 bits per heavy atom. The highest BCUT2D eigenvalue weighted by Gasteiger charge is 2.14. The summed E-state index contributed by atoms with van der Waals surface area (Å²) in [6.07, 6.45) is 0. The number of para-hydroxylation sites is 1. The second kappa shape index (κ2) is 7.44. The Labute approximate surface area is 152 Å². The Kier molecular flexibility index (Phi) is 5.09. The third-order valence-corrected chi connectivity index (χ3v) is 4.24. The molecule has 0 N–H and O–H groups in total. The maximum absolute atomic E-state index is 12.2. The quantitative estimate of drug-likeness (QED) is 0.478. The Morgan fingerprint density at radius 1 is 1.08 bits per heavy atom. The van der Waals surface area contributed by atoms with Crippen molar-refractivity contribution in [1.29, 1.82) is 0 Å². The minimum absolute atomic E-state index is 0.169. The van der Waals surface area contributed by atoms with Crippen molar-refractivity contribution in [1.82, 2.24) is 4.98 Å². The molecule has 0 aliphatic carbocycles. The number of nitrogens with zero attached hydrogens (tertiary/aromatic N) is 1. The van der Waals surface area contributed by atoms with Crippen molar-refractivity contribution in [3.8, 4) is 5.75 Å². The summed E-state index contributed by atoms with van der Waals surface area (Å²) >= 11 is 3.32. The van der Waals surface area contributed by atoms with Gasteiger partial charge in [0.15, 0.2) is 12.4 Å². The molecule has 0 saturated heterocycles. The molecule has 1 heterocycles. The first-order valence-electron chi connectivity index (χ1n) is 7.48. The van der Waals surface area contributed by atoms with Gasteiger partial charge in [-0.1, -0.05) is 24.3 Å². The summed E-state index contributed by atoms with van der Waals surface area (Å²) in [4.78, 5) is 28.6. The van der Waals surface area contributed by atoms with Gasteiger partial charge < -0.3 is 9.47 Å². The Hall–Kier alpha value is -2.73. The van der Waals surface area contributed by atoms with Crippen molar-refractivity contribution in [2.75, 3.05) is 13.7 Å². The number of benzene rings is 2. The van der Waals surface area contributed by atoms with Gasteiger partial charge in [-0.2, -0.15) is 0 Å². The van der Waals surface area contributed by atoms with Gasteiger partial charge in [0.05, 0.1) is 17.1 Å². The number of carbonyl (C=O) groups is 2. The molecule has 0 aliphatic rings. The van der Waals surface area contributed by atoms with Crippen LogP contribution in [0, 0.1) is 0 Å². The number of methoxy groups -OCH3 is 1. The Morgan fingerprint density at radius 3 is 2.64 bits per heavy atom. The van der Waals surface area contributed by atoms with E-state index in [4.69, 9.17) is 9.47 Å². The first kappa shape index (κ1) is 17.1. The number of aromatic nitrogens is 1. The Balaban J connectivity index is 1.68. The van der Waals surface area contributed by atoms with E-state index >= 15 is 0 Å². The summed E-state index contributed by atoms with van der Waals surface area (Å²) in [6, 6.07) is 15.7. The van der Waals surface area contributed by atoms with Crippen LogP contribution in [0.15, 0.2) is 59.1 Å². The first-order chi connectivity index (χ1) is 12.1. The molecule has 0 spiro atoms. The van der Waals surface area contributed by atoms with Gasteiger partial charge in [-0.15, -0.1) is 0 Å². The number of carbonyl (C=O) groups excluding carboxylic acids is 2. The molecular formula is C19H14BrNO4. The van der Waals surface area contributed by atoms with E-state index in [9.17, 15) is 9.59 Å². The van der Waals surface area contributed by atoms with E-state index in [1.165, 1.54) is 0 Å². The maximum Gasteiger partial charge on any atom is 0.357 e. The lowest BCUT2D eigenvalue weighted by molar-refractivity contribution is 0.0469. The molecule has 0 amide bonds. The van der Waals surface area contributed by atoms with Crippen molar-refractivity contribution in [3.63, 3.8) is 0 Å². The van der Waals surface area contributed by atoms with Crippen LogP contribution in [0.2, 0.25) is 0 Å². The molecule has 3 rings (SSSR count). The van der Waals surface area contributed by atoms with Crippen molar-refractivity contribution in [3.05, 3.63) is 70.3 Å². The van der Waals surface area contributed by atoms with E-state index in [-0.39, 0.29) is 18.1 Å². The summed E-state index contributed by atoms with van der Waals surface area (Å²) in [5, 5.41) is 0.929.